The van der Waals surface area contributed by atoms with Crippen LogP contribution < -0.4 is 5.56 Å². The SMILES string of the molecule is CCCc1[nH]n(-c2nc3ccccc3[nH]2)c(=O)c1C1CC(=O)N(C2CCCCC2)C1=O. The van der Waals surface area contributed by atoms with E-state index in [1.165, 1.54) is 9.58 Å². The molecule has 2 N–H and O–H groups in total. The molecule has 1 saturated heterocycles. The van der Waals surface area contributed by atoms with Crippen molar-refractivity contribution < 1.29 is 9.59 Å². The van der Waals surface area contributed by atoms with E-state index in [0.29, 0.717) is 23.6 Å². The first-order chi connectivity index (χ1) is 15.1. The fraction of sp³-hybridized carbons (Fsp3) is 0.478. The third-order valence-corrected chi connectivity index (χ3v) is 6.57. The molecule has 8 heteroatoms. The average molecular weight is 422 g/mol. The van der Waals surface area contributed by atoms with Gasteiger partial charge < -0.3 is 4.98 Å². The predicted octanol–water partition coefficient (Wildman–Crippen LogP) is 3.17. The summed E-state index contributed by atoms with van der Waals surface area (Å²) in [6.07, 6.45) is 6.46. The van der Waals surface area contributed by atoms with E-state index in [0.717, 1.165) is 49.6 Å². The quantitative estimate of drug-likeness (QED) is 0.618. The molecule has 1 aliphatic heterocycles. The number of nitrogens with one attached hydrogen (secondary N) is 2. The zero-order chi connectivity index (χ0) is 21.5. The number of fused-ring (bicyclic) bond motifs is 1. The third-order valence-electron chi connectivity index (χ3n) is 6.57. The van der Waals surface area contributed by atoms with Crippen molar-refractivity contribution in [2.75, 3.05) is 0 Å². The van der Waals surface area contributed by atoms with Crippen molar-refractivity contribution in [3.8, 4) is 5.95 Å². The van der Waals surface area contributed by atoms with Gasteiger partial charge in [-0.2, -0.15) is 4.68 Å². The van der Waals surface area contributed by atoms with Gasteiger partial charge in [-0.3, -0.25) is 24.4 Å². The summed E-state index contributed by atoms with van der Waals surface area (Å²) < 4.78 is 1.38. The molecule has 0 radical (unpaired) electrons. The standard InChI is InChI=1S/C23H27N5O3/c1-2-8-18-20(15-13-19(29)27(21(15)30)14-9-4-3-5-10-14)22(31)28(26-18)23-24-16-11-6-7-12-17(16)25-23/h6-7,11-12,14-15,26H,2-5,8-10,13H2,1H3,(H,24,25). The van der Waals surface area contributed by atoms with Crippen molar-refractivity contribution in [2.24, 2.45) is 0 Å². The Morgan fingerprint density at radius 2 is 1.87 bits per heavy atom. The monoisotopic (exact) mass is 421 g/mol. The molecule has 0 bridgehead atoms. The molecular weight excluding hydrogens is 394 g/mol. The van der Waals surface area contributed by atoms with Crippen LogP contribution in [0, 0.1) is 0 Å². The first-order valence-corrected chi connectivity index (χ1v) is 11.2. The molecule has 1 saturated carbocycles. The van der Waals surface area contributed by atoms with Gasteiger partial charge in [-0.15, -0.1) is 0 Å². The largest absolute Gasteiger partial charge is 0.322 e. The minimum Gasteiger partial charge on any atom is -0.322 e. The Labute approximate surface area is 179 Å². The fourth-order valence-corrected chi connectivity index (χ4v) is 5.09. The highest BCUT2D eigenvalue weighted by molar-refractivity contribution is 6.06. The summed E-state index contributed by atoms with van der Waals surface area (Å²) in [5, 5.41) is 3.16. The summed E-state index contributed by atoms with van der Waals surface area (Å²) in [6, 6.07) is 7.54. The number of aromatic amines is 2. The molecule has 5 rings (SSSR count). The van der Waals surface area contributed by atoms with E-state index in [-0.39, 0.29) is 29.8 Å². The van der Waals surface area contributed by atoms with Crippen LogP contribution in [-0.4, -0.2) is 42.5 Å². The maximum absolute atomic E-state index is 13.5. The van der Waals surface area contributed by atoms with Crippen LogP contribution in [0.4, 0.5) is 0 Å². The highest BCUT2D eigenvalue weighted by Gasteiger charge is 2.45. The molecule has 1 atom stereocenters. The van der Waals surface area contributed by atoms with Crippen LogP contribution in [0.2, 0.25) is 0 Å². The zero-order valence-electron chi connectivity index (χ0n) is 17.7. The first-order valence-electron chi connectivity index (χ1n) is 11.2. The van der Waals surface area contributed by atoms with E-state index in [9.17, 15) is 14.4 Å². The summed E-state index contributed by atoms with van der Waals surface area (Å²) in [5.41, 5.74) is 2.41. The van der Waals surface area contributed by atoms with Crippen molar-refractivity contribution in [2.45, 2.75) is 70.3 Å². The molecule has 8 nitrogen and oxygen atoms in total. The molecule has 3 aromatic rings. The van der Waals surface area contributed by atoms with Gasteiger partial charge in [0.1, 0.15) is 0 Å². The van der Waals surface area contributed by atoms with Crippen molar-refractivity contribution in [3.05, 3.63) is 45.9 Å². The maximum Gasteiger partial charge on any atom is 0.278 e. The van der Waals surface area contributed by atoms with Gasteiger partial charge in [0.25, 0.3) is 5.56 Å². The Morgan fingerprint density at radius 1 is 1.10 bits per heavy atom. The van der Waals surface area contributed by atoms with Crippen LogP contribution in [0.1, 0.15) is 69.0 Å². The van der Waals surface area contributed by atoms with Gasteiger partial charge in [0.05, 0.1) is 22.5 Å². The molecule has 162 valence electrons. The van der Waals surface area contributed by atoms with Crippen LogP contribution in [-0.2, 0) is 16.0 Å². The molecule has 1 unspecified atom stereocenters. The van der Waals surface area contributed by atoms with Crippen molar-refractivity contribution >= 4 is 22.8 Å². The first kappa shape index (κ1) is 19.8. The van der Waals surface area contributed by atoms with Gasteiger partial charge in [0.2, 0.25) is 17.8 Å². The van der Waals surface area contributed by atoms with Gasteiger partial charge in [-0.1, -0.05) is 44.7 Å². The molecule has 1 aromatic carbocycles. The zero-order valence-corrected chi connectivity index (χ0v) is 17.7. The van der Waals surface area contributed by atoms with Crippen molar-refractivity contribution in [1.82, 2.24) is 24.6 Å². The molecule has 3 heterocycles. The molecule has 0 spiro atoms. The van der Waals surface area contributed by atoms with Gasteiger partial charge in [0.15, 0.2) is 0 Å². The van der Waals surface area contributed by atoms with Crippen LogP contribution in [0.15, 0.2) is 29.1 Å². The number of imidazole rings is 1. The Hall–Kier alpha value is -3.16. The smallest absolute Gasteiger partial charge is 0.278 e. The van der Waals surface area contributed by atoms with Gasteiger partial charge in [0, 0.05) is 18.2 Å². The number of imide groups is 1. The number of aromatic nitrogens is 4. The fourth-order valence-electron chi connectivity index (χ4n) is 5.09. The van der Waals surface area contributed by atoms with Crippen molar-refractivity contribution in [1.29, 1.82) is 0 Å². The van der Waals surface area contributed by atoms with Crippen LogP contribution in [0.25, 0.3) is 17.0 Å². The highest BCUT2D eigenvalue weighted by atomic mass is 16.2. The average Bonchev–Trinajstić information content (AvgIpc) is 3.42. The molecule has 2 aliphatic rings. The molecule has 2 amide bonds. The normalized spacial score (nSPS) is 20.3. The molecule has 1 aliphatic carbocycles. The lowest BCUT2D eigenvalue weighted by atomic mass is 9.93. The number of carbonyl (C=O) groups is 2. The lowest BCUT2D eigenvalue weighted by Gasteiger charge is -2.29. The number of benzene rings is 1. The number of H-pyrrole nitrogens is 2. The van der Waals surface area contributed by atoms with Gasteiger partial charge in [-0.05, 0) is 31.4 Å². The summed E-state index contributed by atoms with van der Waals surface area (Å²) >= 11 is 0. The summed E-state index contributed by atoms with van der Waals surface area (Å²) in [6.45, 7) is 2.02. The van der Waals surface area contributed by atoms with Crippen LogP contribution in [0.5, 0.6) is 0 Å². The Bertz CT molecular complexity index is 1160. The van der Waals surface area contributed by atoms with Crippen molar-refractivity contribution in [3.63, 3.8) is 0 Å². The van der Waals surface area contributed by atoms with Crippen LogP contribution >= 0.6 is 0 Å². The molecular formula is C23H27N5O3. The lowest BCUT2D eigenvalue weighted by molar-refractivity contribution is -0.142. The predicted molar refractivity (Wildman–Crippen MR) is 116 cm³/mol. The number of nitrogens with zero attached hydrogens (tertiary/aromatic N) is 3. The second-order valence-corrected chi connectivity index (χ2v) is 8.62. The summed E-state index contributed by atoms with van der Waals surface area (Å²) in [7, 11) is 0. The van der Waals surface area contributed by atoms with E-state index in [2.05, 4.69) is 15.1 Å². The van der Waals surface area contributed by atoms with E-state index < -0.39 is 5.92 Å². The summed E-state index contributed by atoms with van der Waals surface area (Å²) in [5.74, 6) is -0.705. The number of para-hydroxylation sites is 2. The Balaban J connectivity index is 1.55. The minimum atomic E-state index is -0.717. The molecule has 2 fully saturated rings. The maximum atomic E-state index is 13.5. The Morgan fingerprint density at radius 3 is 2.61 bits per heavy atom. The summed E-state index contributed by atoms with van der Waals surface area (Å²) in [4.78, 5) is 48.7. The van der Waals surface area contributed by atoms with E-state index in [1.54, 1.807) is 0 Å². The number of rotatable bonds is 5. The van der Waals surface area contributed by atoms with E-state index in [1.807, 2.05) is 31.2 Å². The van der Waals surface area contributed by atoms with E-state index >= 15 is 0 Å². The number of carbonyl (C=O) groups excluding carboxylic acids is 2. The van der Waals surface area contributed by atoms with Gasteiger partial charge in [-0.25, -0.2) is 4.98 Å². The molecule has 31 heavy (non-hydrogen) atoms. The van der Waals surface area contributed by atoms with Gasteiger partial charge >= 0.3 is 0 Å². The van der Waals surface area contributed by atoms with Crippen LogP contribution in [0.3, 0.4) is 0 Å². The second-order valence-electron chi connectivity index (χ2n) is 8.62. The highest BCUT2D eigenvalue weighted by Crippen LogP contribution is 2.35. The topological polar surface area (TPSA) is 104 Å². The molecule has 2 aromatic heterocycles. The second kappa shape index (κ2) is 7.83. The number of aryl methyl sites for hydroxylation is 1. The minimum absolute atomic E-state index is 0.0232. The van der Waals surface area contributed by atoms with E-state index in [4.69, 9.17) is 0 Å². The number of hydrogen-bond donors (Lipinski definition) is 2. The number of hydrogen-bond acceptors (Lipinski definition) is 4. The lowest BCUT2D eigenvalue weighted by Crippen LogP contribution is -2.41. The Kier molecular flexibility index (Phi) is 5.00. The third kappa shape index (κ3) is 3.30. The number of amides is 2. The number of likely N-dealkylation sites (tertiary alicyclic amines) is 1.